The maximum absolute atomic E-state index is 12.7. The van der Waals surface area contributed by atoms with Crippen molar-refractivity contribution in [2.45, 2.75) is 82.6 Å². The number of aromatic amines is 1. The summed E-state index contributed by atoms with van der Waals surface area (Å²) in [5.74, 6) is 1.25. The monoisotopic (exact) mass is 421 g/mol. The lowest BCUT2D eigenvalue weighted by atomic mass is 10.1. The number of piperidine rings is 1. The lowest BCUT2D eigenvalue weighted by Crippen LogP contribution is -2.33. The Labute approximate surface area is 173 Å². The summed E-state index contributed by atoms with van der Waals surface area (Å²) >= 11 is 0. The van der Waals surface area contributed by atoms with Crippen LogP contribution >= 0.6 is 0 Å². The van der Waals surface area contributed by atoms with E-state index in [0.29, 0.717) is 35.6 Å². The Morgan fingerprint density at radius 3 is 2.80 bits per heavy atom. The van der Waals surface area contributed by atoms with E-state index in [1.54, 1.807) is 4.68 Å². The van der Waals surface area contributed by atoms with E-state index in [0.717, 1.165) is 19.5 Å². The van der Waals surface area contributed by atoms with E-state index in [4.69, 9.17) is 9.72 Å². The van der Waals surface area contributed by atoms with Gasteiger partial charge in [0, 0.05) is 25.4 Å². The Morgan fingerprint density at radius 2 is 2.07 bits per heavy atom. The van der Waals surface area contributed by atoms with Crippen LogP contribution in [0.1, 0.15) is 69.7 Å². The molecule has 1 aliphatic carbocycles. The zero-order chi connectivity index (χ0) is 20.8. The maximum atomic E-state index is 12.7. The van der Waals surface area contributed by atoms with Crippen LogP contribution in [0.4, 0.5) is 8.78 Å². The van der Waals surface area contributed by atoms with Crippen LogP contribution in [-0.2, 0) is 4.74 Å². The van der Waals surface area contributed by atoms with Crippen LogP contribution in [-0.4, -0.2) is 56.5 Å². The quantitative estimate of drug-likeness (QED) is 0.661. The fourth-order valence-corrected chi connectivity index (χ4v) is 5.00. The van der Waals surface area contributed by atoms with Crippen LogP contribution in [0.3, 0.4) is 0 Å². The summed E-state index contributed by atoms with van der Waals surface area (Å²) in [5, 5.41) is 4.74. The minimum absolute atomic E-state index is 0.183. The lowest BCUT2D eigenvalue weighted by Gasteiger charge is -2.24. The maximum Gasteiger partial charge on any atom is 0.262 e. The number of rotatable bonds is 8. The Kier molecular flexibility index (Phi) is 5.35. The van der Waals surface area contributed by atoms with E-state index in [2.05, 4.69) is 15.0 Å². The number of aromatic nitrogens is 4. The first-order chi connectivity index (χ1) is 14.6. The first kappa shape index (κ1) is 20.1. The zero-order valence-corrected chi connectivity index (χ0v) is 17.3. The van der Waals surface area contributed by atoms with E-state index in [1.807, 2.05) is 6.92 Å². The zero-order valence-electron chi connectivity index (χ0n) is 17.3. The van der Waals surface area contributed by atoms with Crippen LogP contribution in [0.15, 0.2) is 11.0 Å². The van der Waals surface area contributed by atoms with Crippen molar-refractivity contribution < 1.29 is 13.5 Å². The minimum Gasteiger partial charge on any atom is -0.353 e. The second kappa shape index (κ2) is 8.00. The predicted octanol–water partition coefficient (Wildman–Crippen LogP) is 3.43. The van der Waals surface area contributed by atoms with Gasteiger partial charge >= 0.3 is 0 Å². The lowest BCUT2D eigenvalue weighted by molar-refractivity contribution is 0.127. The molecule has 2 aliphatic heterocycles. The van der Waals surface area contributed by atoms with Crippen molar-refractivity contribution in [3.8, 4) is 0 Å². The van der Waals surface area contributed by atoms with E-state index in [9.17, 15) is 13.6 Å². The van der Waals surface area contributed by atoms with Crippen LogP contribution in [0.5, 0.6) is 0 Å². The van der Waals surface area contributed by atoms with E-state index >= 15 is 0 Å². The molecular formula is C21H29F2N5O2. The third-order valence-electron chi connectivity index (χ3n) is 6.88. The van der Waals surface area contributed by atoms with Gasteiger partial charge in [0.1, 0.15) is 23.5 Å². The molecule has 5 atom stereocenters. The van der Waals surface area contributed by atoms with E-state index in [1.165, 1.54) is 25.5 Å². The molecule has 1 N–H and O–H groups in total. The molecule has 3 aliphatic rings. The SMILES string of the molecule is CCC(CCC(F)F)n1ncc2c(=O)[nH]c(C3CC3C3OC3N3CCCCC3)nc21. The van der Waals surface area contributed by atoms with Gasteiger partial charge in [0.25, 0.3) is 5.56 Å². The van der Waals surface area contributed by atoms with Gasteiger partial charge in [-0.05, 0) is 38.0 Å². The number of ether oxygens (including phenoxy) is 1. The highest BCUT2D eigenvalue weighted by Gasteiger charge is 2.58. The summed E-state index contributed by atoms with van der Waals surface area (Å²) in [7, 11) is 0. The standard InChI is InChI=1S/C21H29F2N5O2/c1-2-12(6-7-16(22)23)28-19-15(11-24-28)20(29)26-18(25-19)14-10-13(14)17-21(30-17)27-8-4-3-5-9-27/h11-14,16-17,21H,2-10H2,1H3,(H,25,26,29). The summed E-state index contributed by atoms with van der Waals surface area (Å²) in [6.45, 7) is 4.16. The molecule has 3 fully saturated rings. The highest BCUT2D eigenvalue weighted by Crippen LogP contribution is 2.55. The smallest absolute Gasteiger partial charge is 0.262 e. The average Bonchev–Trinajstić information content (AvgIpc) is 3.65. The second-order valence-corrected chi connectivity index (χ2v) is 8.90. The molecule has 0 amide bonds. The number of likely N-dealkylation sites (tertiary alicyclic amines) is 1. The molecule has 5 unspecified atom stereocenters. The van der Waals surface area contributed by atoms with Crippen molar-refractivity contribution >= 4 is 11.0 Å². The number of hydrogen-bond donors (Lipinski definition) is 1. The molecule has 164 valence electrons. The van der Waals surface area contributed by atoms with Crippen LogP contribution < -0.4 is 5.56 Å². The van der Waals surface area contributed by atoms with Gasteiger partial charge in [-0.3, -0.25) is 9.69 Å². The fraction of sp³-hybridized carbons (Fsp3) is 0.762. The van der Waals surface area contributed by atoms with Gasteiger partial charge in [-0.2, -0.15) is 5.10 Å². The summed E-state index contributed by atoms with van der Waals surface area (Å²) in [4.78, 5) is 22.7. The molecule has 9 heteroatoms. The van der Waals surface area contributed by atoms with Crippen LogP contribution in [0.2, 0.25) is 0 Å². The molecular weight excluding hydrogens is 392 g/mol. The largest absolute Gasteiger partial charge is 0.353 e. The summed E-state index contributed by atoms with van der Waals surface area (Å²) in [6, 6.07) is -0.191. The number of fused-ring (bicyclic) bond motifs is 1. The first-order valence-corrected chi connectivity index (χ1v) is 11.2. The average molecular weight is 421 g/mol. The molecule has 1 saturated carbocycles. The molecule has 2 aromatic rings. The third-order valence-corrected chi connectivity index (χ3v) is 6.88. The Morgan fingerprint density at radius 1 is 1.27 bits per heavy atom. The number of alkyl halides is 2. The molecule has 0 spiro atoms. The molecule has 2 aromatic heterocycles. The number of epoxide rings is 1. The number of H-pyrrole nitrogens is 1. The summed E-state index contributed by atoms with van der Waals surface area (Å²) in [6.07, 6.45) is 5.13. The van der Waals surface area contributed by atoms with Crippen molar-refractivity contribution in [1.82, 2.24) is 24.6 Å². The Balaban J connectivity index is 1.33. The first-order valence-electron chi connectivity index (χ1n) is 11.2. The molecule has 2 saturated heterocycles. The van der Waals surface area contributed by atoms with Crippen molar-refractivity contribution in [3.63, 3.8) is 0 Å². The highest BCUT2D eigenvalue weighted by atomic mass is 19.3. The Hall–Kier alpha value is -1.87. The van der Waals surface area contributed by atoms with Gasteiger partial charge in [0.05, 0.1) is 12.2 Å². The second-order valence-electron chi connectivity index (χ2n) is 8.90. The van der Waals surface area contributed by atoms with E-state index < -0.39 is 6.43 Å². The van der Waals surface area contributed by atoms with Gasteiger partial charge in [-0.1, -0.05) is 13.3 Å². The highest BCUT2D eigenvalue weighted by molar-refractivity contribution is 5.73. The molecule has 0 radical (unpaired) electrons. The minimum atomic E-state index is -2.34. The van der Waals surface area contributed by atoms with Crippen LogP contribution in [0, 0.1) is 5.92 Å². The van der Waals surface area contributed by atoms with Gasteiger partial charge in [-0.25, -0.2) is 18.4 Å². The number of halogens is 2. The van der Waals surface area contributed by atoms with Crippen molar-refractivity contribution in [2.24, 2.45) is 5.92 Å². The molecule has 0 bridgehead atoms. The Bertz CT molecular complexity index is 955. The van der Waals surface area contributed by atoms with Crippen LogP contribution in [0.25, 0.3) is 11.0 Å². The summed E-state index contributed by atoms with van der Waals surface area (Å²) in [5.41, 5.74) is 0.296. The number of hydrogen-bond acceptors (Lipinski definition) is 5. The van der Waals surface area contributed by atoms with Gasteiger partial charge in [-0.15, -0.1) is 0 Å². The summed E-state index contributed by atoms with van der Waals surface area (Å²) < 4.78 is 33.1. The topological polar surface area (TPSA) is 79.3 Å². The van der Waals surface area contributed by atoms with Gasteiger partial charge < -0.3 is 9.72 Å². The molecule has 5 rings (SSSR count). The van der Waals surface area contributed by atoms with Crippen molar-refractivity contribution in [1.29, 1.82) is 0 Å². The fourth-order valence-electron chi connectivity index (χ4n) is 5.00. The molecule has 30 heavy (non-hydrogen) atoms. The van der Waals surface area contributed by atoms with E-state index in [-0.39, 0.29) is 36.3 Å². The van der Waals surface area contributed by atoms with Crippen molar-refractivity contribution in [2.75, 3.05) is 13.1 Å². The predicted molar refractivity (Wildman–Crippen MR) is 108 cm³/mol. The normalized spacial score (nSPS) is 30.1. The van der Waals surface area contributed by atoms with Gasteiger partial charge in [0.15, 0.2) is 5.65 Å². The molecule has 4 heterocycles. The molecule has 7 nitrogen and oxygen atoms in total. The number of nitrogens with one attached hydrogen (secondary N) is 1. The molecule has 0 aromatic carbocycles. The van der Waals surface area contributed by atoms with Crippen molar-refractivity contribution in [3.05, 3.63) is 22.4 Å². The third kappa shape index (κ3) is 3.77. The number of nitrogens with zero attached hydrogens (tertiary/aromatic N) is 4. The van der Waals surface area contributed by atoms with Gasteiger partial charge in [0.2, 0.25) is 6.43 Å².